The van der Waals surface area contributed by atoms with E-state index in [4.69, 9.17) is 0 Å². The van der Waals surface area contributed by atoms with E-state index in [-0.39, 0.29) is 5.91 Å². The number of likely N-dealkylation sites (tertiary alicyclic amines) is 1. The Morgan fingerprint density at radius 2 is 1.56 bits per heavy atom. The van der Waals surface area contributed by atoms with E-state index in [1.807, 2.05) is 29.2 Å². The van der Waals surface area contributed by atoms with Crippen LogP contribution in [0.2, 0.25) is 0 Å². The maximum atomic E-state index is 12.4. The maximum absolute atomic E-state index is 12.4. The molecule has 0 spiro atoms. The van der Waals surface area contributed by atoms with Crippen LogP contribution in [0.3, 0.4) is 0 Å². The van der Waals surface area contributed by atoms with Gasteiger partial charge in [-0.15, -0.1) is 6.58 Å². The quantitative estimate of drug-likeness (QED) is 0.711. The summed E-state index contributed by atoms with van der Waals surface area (Å²) in [4.78, 5) is 16.7. The third kappa shape index (κ3) is 4.80. The van der Waals surface area contributed by atoms with Gasteiger partial charge in [-0.1, -0.05) is 48.5 Å². The van der Waals surface area contributed by atoms with Crippen molar-refractivity contribution >= 4 is 5.91 Å². The molecular weight excluding hydrogens is 308 g/mol. The maximum Gasteiger partial charge on any atom is 0.253 e. The molecule has 0 unspecified atom stereocenters. The highest BCUT2D eigenvalue weighted by atomic mass is 16.2. The Balaban J connectivity index is 1.63. The van der Waals surface area contributed by atoms with E-state index in [0.29, 0.717) is 0 Å². The van der Waals surface area contributed by atoms with Crippen molar-refractivity contribution < 1.29 is 4.79 Å². The number of rotatable bonds is 7. The lowest BCUT2D eigenvalue weighted by atomic mass is 10.1. The summed E-state index contributed by atoms with van der Waals surface area (Å²) in [7, 11) is 0. The Bertz CT molecular complexity index is 688. The Kier molecular flexibility index (Phi) is 6.02. The Morgan fingerprint density at radius 1 is 0.960 bits per heavy atom. The molecule has 3 nitrogen and oxygen atoms in total. The molecule has 1 heterocycles. The van der Waals surface area contributed by atoms with Gasteiger partial charge >= 0.3 is 0 Å². The first kappa shape index (κ1) is 17.4. The fraction of sp³-hybridized carbons (Fsp3) is 0.318. The Labute approximate surface area is 150 Å². The number of carbonyl (C=O) groups is 1. The molecule has 2 aromatic carbocycles. The third-order valence-corrected chi connectivity index (χ3v) is 4.64. The van der Waals surface area contributed by atoms with Crippen molar-refractivity contribution in [2.45, 2.75) is 25.9 Å². The number of hydrogen-bond donors (Lipinski definition) is 0. The molecule has 0 radical (unpaired) electrons. The number of nitrogens with zero attached hydrogens (tertiary/aromatic N) is 2. The van der Waals surface area contributed by atoms with Gasteiger partial charge in [-0.2, -0.15) is 0 Å². The van der Waals surface area contributed by atoms with E-state index in [2.05, 4.69) is 47.9 Å². The normalized spacial score (nSPS) is 14.0. The van der Waals surface area contributed by atoms with Crippen LogP contribution in [0.15, 0.2) is 67.3 Å². The first-order chi connectivity index (χ1) is 12.3. The third-order valence-electron chi connectivity index (χ3n) is 4.64. The van der Waals surface area contributed by atoms with Gasteiger partial charge in [0.1, 0.15) is 0 Å². The van der Waals surface area contributed by atoms with Crippen LogP contribution in [0.4, 0.5) is 0 Å². The summed E-state index contributed by atoms with van der Waals surface area (Å²) in [5, 5.41) is 0. The van der Waals surface area contributed by atoms with Crippen LogP contribution in [0, 0.1) is 0 Å². The average Bonchev–Trinajstić information content (AvgIpc) is 3.17. The van der Waals surface area contributed by atoms with Gasteiger partial charge in [0.2, 0.25) is 0 Å². The van der Waals surface area contributed by atoms with Gasteiger partial charge in [-0.3, -0.25) is 9.69 Å². The van der Waals surface area contributed by atoms with E-state index in [1.54, 1.807) is 0 Å². The second-order valence-corrected chi connectivity index (χ2v) is 6.64. The lowest BCUT2D eigenvalue weighted by Gasteiger charge is -2.21. The van der Waals surface area contributed by atoms with Crippen LogP contribution in [0.5, 0.6) is 0 Å². The molecule has 0 N–H and O–H groups in total. The molecule has 3 heteroatoms. The molecule has 0 aliphatic carbocycles. The van der Waals surface area contributed by atoms with Crippen LogP contribution < -0.4 is 0 Å². The fourth-order valence-corrected chi connectivity index (χ4v) is 3.32. The van der Waals surface area contributed by atoms with Crippen molar-refractivity contribution in [3.8, 4) is 0 Å². The lowest BCUT2D eigenvalue weighted by molar-refractivity contribution is 0.0793. The lowest BCUT2D eigenvalue weighted by Crippen LogP contribution is -2.27. The zero-order valence-electron chi connectivity index (χ0n) is 14.7. The number of amides is 1. The molecule has 2 aromatic rings. The van der Waals surface area contributed by atoms with Gasteiger partial charge in [-0.25, -0.2) is 0 Å². The second-order valence-electron chi connectivity index (χ2n) is 6.64. The largest absolute Gasteiger partial charge is 0.339 e. The summed E-state index contributed by atoms with van der Waals surface area (Å²) in [6.45, 7) is 8.23. The molecule has 1 aliphatic rings. The van der Waals surface area contributed by atoms with Gasteiger partial charge in [0.25, 0.3) is 5.91 Å². The summed E-state index contributed by atoms with van der Waals surface area (Å²) in [5.74, 6) is 0.163. The van der Waals surface area contributed by atoms with Crippen molar-refractivity contribution in [1.82, 2.24) is 9.80 Å². The summed E-state index contributed by atoms with van der Waals surface area (Å²) >= 11 is 0. The number of hydrogen-bond acceptors (Lipinski definition) is 2. The van der Waals surface area contributed by atoms with Crippen LogP contribution in [0.25, 0.3) is 0 Å². The molecule has 0 saturated carbocycles. The van der Waals surface area contributed by atoms with Crippen molar-refractivity contribution in [3.05, 3.63) is 83.9 Å². The fourth-order valence-electron chi connectivity index (χ4n) is 3.32. The van der Waals surface area contributed by atoms with Gasteiger partial charge < -0.3 is 4.90 Å². The van der Waals surface area contributed by atoms with E-state index >= 15 is 0 Å². The van der Waals surface area contributed by atoms with Crippen LogP contribution in [-0.4, -0.2) is 35.3 Å². The molecule has 1 aliphatic heterocycles. The zero-order chi connectivity index (χ0) is 17.5. The Hall–Kier alpha value is -2.39. The number of carbonyl (C=O) groups excluding carboxylic acids is 1. The minimum absolute atomic E-state index is 0.163. The average molecular weight is 334 g/mol. The summed E-state index contributed by atoms with van der Waals surface area (Å²) in [5.41, 5.74) is 3.31. The topological polar surface area (TPSA) is 23.6 Å². The first-order valence-electron chi connectivity index (χ1n) is 9.01. The molecule has 3 rings (SSSR count). The van der Waals surface area contributed by atoms with Crippen molar-refractivity contribution in [1.29, 1.82) is 0 Å². The molecule has 1 amide bonds. The van der Waals surface area contributed by atoms with Gasteiger partial charge in [0.15, 0.2) is 0 Å². The van der Waals surface area contributed by atoms with Crippen LogP contribution in [0.1, 0.15) is 34.3 Å². The summed E-state index contributed by atoms with van der Waals surface area (Å²) in [6, 6.07) is 18.5. The monoisotopic (exact) mass is 334 g/mol. The van der Waals surface area contributed by atoms with E-state index in [9.17, 15) is 4.79 Å². The molecule has 130 valence electrons. The molecule has 0 bridgehead atoms. The smallest absolute Gasteiger partial charge is 0.253 e. The molecule has 25 heavy (non-hydrogen) atoms. The highest BCUT2D eigenvalue weighted by molar-refractivity contribution is 5.94. The second kappa shape index (κ2) is 8.63. The molecule has 1 saturated heterocycles. The first-order valence-corrected chi connectivity index (χ1v) is 9.01. The van der Waals surface area contributed by atoms with E-state index in [1.165, 1.54) is 11.1 Å². The number of benzene rings is 2. The molecule has 1 fully saturated rings. The van der Waals surface area contributed by atoms with E-state index < -0.39 is 0 Å². The highest BCUT2D eigenvalue weighted by Crippen LogP contribution is 2.15. The summed E-state index contributed by atoms with van der Waals surface area (Å²) < 4.78 is 0. The minimum Gasteiger partial charge on any atom is -0.339 e. The van der Waals surface area contributed by atoms with Gasteiger partial charge in [0.05, 0.1) is 0 Å². The minimum atomic E-state index is 0.163. The predicted octanol–water partition coefficient (Wildman–Crippen LogP) is 4.11. The van der Waals surface area contributed by atoms with Crippen molar-refractivity contribution in [3.63, 3.8) is 0 Å². The molecular formula is C22H26N2O. The molecule has 0 aromatic heterocycles. The van der Waals surface area contributed by atoms with Gasteiger partial charge in [-0.05, 0) is 36.1 Å². The predicted molar refractivity (Wildman–Crippen MR) is 102 cm³/mol. The van der Waals surface area contributed by atoms with Crippen molar-refractivity contribution in [2.24, 2.45) is 0 Å². The van der Waals surface area contributed by atoms with Crippen molar-refractivity contribution in [2.75, 3.05) is 19.6 Å². The summed E-state index contributed by atoms with van der Waals surface area (Å²) in [6.07, 6.45) is 4.19. The highest BCUT2D eigenvalue weighted by Gasteiger charge is 2.19. The zero-order valence-corrected chi connectivity index (χ0v) is 14.7. The SMILES string of the molecule is C=CCN(Cc1ccccc1)Cc1ccc(C(=O)N2CCCC2)cc1. The molecule has 0 atom stereocenters. The van der Waals surface area contributed by atoms with Crippen LogP contribution in [-0.2, 0) is 13.1 Å². The standard InChI is InChI=1S/C22H26N2O/c1-2-14-23(17-19-8-4-3-5-9-19)18-20-10-12-21(13-11-20)22(25)24-15-6-7-16-24/h2-5,8-13H,1,6-7,14-18H2. The van der Waals surface area contributed by atoms with E-state index in [0.717, 1.165) is 51.1 Å². The van der Waals surface area contributed by atoms with Crippen LogP contribution >= 0.6 is 0 Å². The van der Waals surface area contributed by atoms with Gasteiger partial charge in [0, 0.05) is 38.3 Å². The Morgan fingerprint density at radius 3 is 2.16 bits per heavy atom.